The molecule has 1 rings (SSSR count). The van der Waals surface area contributed by atoms with Crippen molar-refractivity contribution in [3.63, 3.8) is 0 Å². The van der Waals surface area contributed by atoms with Crippen molar-refractivity contribution < 1.29 is 0 Å². The van der Waals surface area contributed by atoms with Gasteiger partial charge in [-0.25, -0.2) is 4.98 Å². The van der Waals surface area contributed by atoms with E-state index in [9.17, 15) is 0 Å². The maximum atomic E-state index is 5.49. The predicted molar refractivity (Wildman–Crippen MR) is 38.9 cm³/mol. The molecule has 0 atom stereocenters. The van der Waals surface area contributed by atoms with Crippen LogP contribution in [-0.2, 0) is 0 Å². The van der Waals surface area contributed by atoms with Crippen molar-refractivity contribution in [2.24, 2.45) is 10.9 Å². The molecule has 0 aliphatic carbocycles. The smallest absolute Gasteiger partial charge is 0.140 e. The molecule has 1 aromatic heterocycles. The van der Waals surface area contributed by atoms with E-state index in [-0.39, 0.29) is 0 Å². The Hall–Kier alpha value is -0.610. The van der Waals surface area contributed by atoms with E-state index >= 15 is 0 Å². The summed E-state index contributed by atoms with van der Waals surface area (Å²) >= 11 is 6.89. The molecular formula is C4H4ClN3S. The van der Waals surface area contributed by atoms with Gasteiger partial charge in [-0.05, 0) is 0 Å². The third-order valence-corrected chi connectivity index (χ3v) is 1.78. The van der Waals surface area contributed by atoms with E-state index in [0.717, 1.165) is 5.01 Å². The van der Waals surface area contributed by atoms with Gasteiger partial charge in [0.2, 0.25) is 0 Å². The van der Waals surface area contributed by atoms with Crippen molar-refractivity contribution in [3.05, 3.63) is 15.5 Å². The number of thiazole rings is 1. The van der Waals surface area contributed by atoms with Crippen molar-refractivity contribution in [3.8, 4) is 0 Å². The zero-order chi connectivity index (χ0) is 6.69. The molecule has 1 aromatic rings. The second kappa shape index (κ2) is 2.80. The maximum absolute atomic E-state index is 5.49. The summed E-state index contributed by atoms with van der Waals surface area (Å²) in [6.07, 6.45) is 1.45. The van der Waals surface area contributed by atoms with Gasteiger partial charge >= 0.3 is 0 Å². The minimum atomic E-state index is 0.481. The van der Waals surface area contributed by atoms with Gasteiger partial charge in [0.05, 0.1) is 6.21 Å². The fourth-order valence-electron chi connectivity index (χ4n) is 0.390. The van der Waals surface area contributed by atoms with E-state index in [2.05, 4.69) is 10.1 Å². The highest BCUT2D eigenvalue weighted by Crippen LogP contribution is 2.11. The van der Waals surface area contributed by atoms with Crippen LogP contribution in [0, 0.1) is 0 Å². The second-order valence-electron chi connectivity index (χ2n) is 1.29. The number of halogens is 1. The number of hydrogen-bond donors (Lipinski definition) is 1. The highest BCUT2D eigenvalue weighted by molar-refractivity contribution is 7.11. The van der Waals surface area contributed by atoms with Crippen LogP contribution >= 0.6 is 22.9 Å². The van der Waals surface area contributed by atoms with E-state index in [0.29, 0.717) is 5.15 Å². The van der Waals surface area contributed by atoms with Crippen molar-refractivity contribution in [2.45, 2.75) is 0 Å². The lowest BCUT2D eigenvalue weighted by atomic mass is 10.8. The minimum Gasteiger partial charge on any atom is -0.323 e. The number of hydrazone groups is 1. The molecule has 3 nitrogen and oxygen atoms in total. The molecule has 5 heteroatoms. The normalized spacial score (nSPS) is 10.8. The topological polar surface area (TPSA) is 51.3 Å². The standard InChI is InChI=1S/C4H4ClN3S/c5-3-2-9-4(8-3)1-7-6/h1-2H,6H2/b7-1+. The highest BCUT2D eigenvalue weighted by atomic mass is 35.5. The first-order valence-electron chi connectivity index (χ1n) is 2.17. The molecule has 0 amide bonds. The van der Waals surface area contributed by atoms with Gasteiger partial charge < -0.3 is 5.84 Å². The van der Waals surface area contributed by atoms with Gasteiger partial charge in [0.25, 0.3) is 0 Å². The highest BCUT2D eigenvalue weighted by Gasteiger charge is 1.93. The molecule has 0 radical (unpaired) electrons. The summed E-state index contributed by atoms with van der Waals surface area (Å²) in [6, 6.07) is 0. The molecule has 0 spiro atoms. The molecule has 0 fully saturated rings. The Kier molecular flexibility index (Phi) is 2.02. The number of nitrogens with two attached hydrogens (primary N) is 1. The number of nitrogens with zero attached hydrogens (tertiary/aromatic N) is 2. The third kappa shape index (κ3) is 1.65. The molecule has 48 valence electrons. The number of aromatic nitrogens is 1. The van der Waals surface area contributed by atoms with Crippen molar-refractivity contribution in [1.29, 1.82) is 0 Å². The Balaban J connectivity index is 2.85. The zero-order valence-corrected chi connectivity index (χ0v) is 5.99. The van der Waals surface area contributed by atoms with E-state index in [1.54, 1.807) is 5.38 Å². The second-order valence-corrected chi connectivity index (χ2v) is 2.56. The first-order chi connectivity index (χ1) is 4.33. The fourth-order valence-corrected chi connectivity index (χ4v) is 1.21. The summed E-state index contributed by atoms with van der Waals surface area (Å²) in [6.45, 7) is 0. The monoisotopic (exact) mass is 161 g/mol. The summed E-state index contributed by atoms with van der Waals surface area (Å²) in [7, 11) is 0. The molecule has 0 aliphatic heterocycles. The molecule has 0 aliphatic rings. The Morgan fingerprint density at radius 1 is 1.89 bits per heavy atom. The molecule has 1 heterocycles. The van der Waals surface area contributed by atoms with Gasteiger partial charge in [-0.2, -0.15) is 5.10 Å². The van der Waals surface area contributed by atoms with E-state index in [4.69, 9.17) is 17.4 Å². The summed E-state index contributed by atoms with van der Waals surface area (Å²) in [5.41, 5.74) is 0. The van der Waals surface area contributed by atoms with Gasteiger partial charge in [0.1, 0.15) is 10.2 Å². The van der Waals surface area contributed by atoms with Crippen LogP contribution in [0.5, 0.6) is 0 Å². The molecule has 0 aromatic carbocycles. The van der Waals surface area contributed by atoms with Crippen LogP contribution in [0.2, 0.25) is 5.15 Å². The minimum absolute atomic E-state index is 0.481. The van der Waals surface area contributed by atoms with Crippen LogP contribution in [0.15, 0.2) is 10.5 Å². The van der Waals surface area contributed by atoms with Gasteiger partial charge in [0, 0.05) is 5.38 Å². The van der Waals surface area contributed by atoms with Gasteiger partial charge in [-0.15, -0.1) is 11.3 Å². The maximum Gasteiger partial charge on any atom is 0.140 e. The molecule has 0 unspecified atom stereocenters. The molecule has 0 saturated heterocycles. The molecule has 2 N–H and O–H groups in total. The zero-order valence-electron chi connectivity index (χ0n) is 4.41. The fraction of sp³-hybridized carbons (Fsp3) is 0. The van der Waals surface area contributed by atoms with Crippen molar-refractivity contribution in [2.75, 3.05) is 0 Å². The first kappa shape index (κ1) is 6.51. The third-order valence-electron chi connectivity index (χ3n) is 0.679. The van der Waals surface area contributed by atoms with Crippen LogP contribution in [0.1, 0.15) is 5.01 Å². The Morgan fingerprint density at radius 2 is 2.67 bits per heavy atom. The molecule has 0 bridgehead atoms. The van der Waals surface area contributed by atoms with Crippen molar-refractivity contribution >= 4 is 29.2 Å². The SMILES string of the molecule is N/N=C/c1nc(Cl)cs1. The quantitative estimate of drug-likeness (QED) is 0.381. The van der Waals surface area contributed by atoms with Crippen LogP contribution in [0.25, 0.3) is 0 Å². The molecule has 0 saturated carbocycles. The Bertz CT molecular complexity index is 219. The summed E-state index contributed by atoms with van der Waals surface area (Å²) in [4.78, 5) is 3.86. The van der Waals surface area contributed by atoms with Crippen LogP contribution in [-0.4, -0.2) is 11.2 Å². The van der Waals surface area contributed by atoms with Gasteiger partial charge in [0.15, 0.2) is 0 Å². The average molecular weight is 162 g/mol. The Morgan fingerprint density at radius 3 is 3.11 bits per heavy atom. The van der Waals surface area contributed by atoms with Crippen LogP contribution in [0.4, 0.5) is 0 Å². The summed E-state index contributed by atoms with van der Waals surface area (Å²) in [5.74, 6) is 4.86. The van der Waals surface area contributed by atoms with Crippen LogP contribution < -0.4 is 5.84 Å². The molecule has 9 heavy (non-hydrogen) atoms. The van der Waals surface area contributed by atoms with E-state index < -0.39 is 0 Å². The van der Waals surface area contributed by atoms with Crippen LogP contribution in [0.3, 0.4) is 0 Å². The summed E-state index contributed by atoms with van der Waals surface area (Å²) < 4.78 is 0. The number of hydrogen-bond acceptors (Lipinski definition) is 4. The first-order valence-corrected chi connectivity index (χ1v) is 3.43. The largest absolute Gasteiger partial charge is 0.323 e. The lowest BCUT2D eigenvalue weighted by Crippen LogP contribution is -1.83. The van der Waals surface area contributed by atoms with Crippen molar-refractivity contribution in [1.82, 2.24) is 4.98 Å². The van der Waals surface area contributed by atoms with E-state index in [1.807, 2.05) is 0 Å². The lowest BCUT2D eigenvalue weighted by Gasteiger charge is -1.74. The van der Waals surface area contributed by atoms with Gasteiger partial charge in [-0.1, -0.05) is 11.6 Å². The molecular weight excluding hydrogens is 158 g/mol. The number of rotatable bonds is 1. The average Bonchev–Trinajstić information content (AvgIpc) is 2.17. The lowest BCUT2D eigenvalue weighted by molar-refractivity contribution is 1.25. The Labute approximate surface area is 61.2 Å². The van der Waals surface area contributed by atoms with E-state index in [1.165, 1.54) is 17.6 Å². The van der Waals surface area contributed by atoms with Gasteiger partial charge in [-0.3, -0.25) is 0 Å². The predicted octanol–water partition coefficient (Wildman–Crippen LogP) is 1.09. The summed E-state index contributed by atoms with van der Waals surface area (Å²) in [5, 5.41) is 6.21.